The van der Waals surface area contributed by atoms with Crippen LogP contribution in [0.5, 0.6) is 0 Å². The van der Waals surface area contributed by atoms with Gasteiger partial charge in [-0.25, -0.2) is 9.98 Å². The van der Waals surface area contributed by atoms with Crippen molar-refractivity contribution in [2.24, 2.45) is 4.99 Å². The molecule has 2 rings (SSSR count). The Bertz CT molecular complexity index is 616. The van der Waals surface area contributed by atoms with Crippen LogP contribution in [0.4, 0.5) is 0 Å². The first-order valence-corrected chi connectivity index (χ1v) is 8.98. The smallest absolute Gasteiger partial charge is 0.191 e. The first kappa shape index (κ1) is 17.5. The number of aryl methyl sites for hydroxylation is 2. The molecular formula is C18H26N4S. The summed E-state index contributed by atoms with van der Waals surface area (Å²) in [6, 6.07) is 8.51. The second-order valence-electron chi connectivity index (χ2n) is 5.65. The third-order valence-electron chi connectivity index (χ3n) is 3.44. The lowest BCUT2D eigenvalue weighted by Crippen LogP contribution is -2.37. The van der Waals surface area contributed by atoms with Crippen molar-refractivity contribution in [2.75, 3.05) is 6.54 Å². The number of hydrogen-bond donors (Lipinski definition) is 2. The van der Waals surface area contributed by atoms with E-state index in [1.807, 2.05) is 6.20 Å². The molecule has 0 radical (unpaired) electrons. The number of guanidine groups is 1. The zero-order chi connectivity index (χ0) is 16.5. The monoisotopic (exact) mass is 330 g/mol. The molecule has 0 aliphatic rings. The molecule has 1 aromatic heterocycles. The van der Waals surface area contributed by atoms with Crippen LogP contribution in [0.25, 0.3) is 0 Å². The highest BCUT2D eigenvalue weighted by molar-refractivity contribution is 7.11. The van der Waals surface area contributed by atoms with Gasteiger partial charge in [0.1, 0.15) is 5.01 Å². The summed E-state index contributed by atoms with van der Waals surface area (Å²) >= 11 is 1.72. The van der Waals surface area contributed by atoms with E-state index < -0.39 is 0 Å². The van der Waals surface area contributed by atoms with Gasteiger partial charge in [0, 0.05) is 17.6 Å². The summed E-state index contributed by atoms with van der Waals surface area (Å²) < 4.78 is 0. The van der Waals surface area contributed by atoms with Gasteiger partial charge in [0.15, 0.2) is 5.96 Å². The Kier molecular flexibility index (Phi) is 7.07. The van der Waals surface area contributed by atoms with E-state index in [1.165, 1.54) is 22.4 Å². The summed E-state index contributed by atoms with van der Waals surface area (Å²) in [5.41, 5.74) is 2.49. The number of aromatic nitrogens is 1. The molecule has 0 saturated heterocycles. The fourth-order valence-electron chi connectivity index (χ4n) is 2.06. The van der Waals surface area contributed by atoms with Crippen LogP contribution in [-0.4, -0.2) is 17.5 Å². The summed E-state index contributed by atoms with van der Waals surface area (Å²) in [5, 5.41) is 7.86. The molecule has 0 amide bonds. The summed E-state index contributed by atoms with van der Waals surface area (Å²) in [5.74, 6) is 0.854. The molecule has 0 unspecified atom stereocenters. The molecule has 0 aliphatic carbocycles. The van der Waals surface area contributed by atoms with Crippen LogP contribution >= 0.6 is 11.3 Å². The van der Waals surface area contributed by atoms with Gasteiger partial charge in [0.25, 0.3) is 0 Å². The number of thiazole rings is 1. The molecule has 2 aromatic rings. The molecule has 0 atom stereocenters. The van der Waals surface area contributed by atoms with Crippen molar-refractivity contribution in [3.05, 3.63) is 51.5 Å². The van der Waals surface area contributed by atoms with Crippen molar-refractivity contribution < 1.29 is 0 Å². The third-order valence-corrected chi connectivity index (χ3v) is 4.35. The van der Waals surface area contributed by atoms with E-state index in [1.54, 1.807) is 11.3 Å². The summed E-state index contributed by atoms with van der Waals surface area (Å²) in [7, 11) is 0. The van der Waals surface area contributed by atoms with Crippen LogP contribution in [0.15, 0.2) is 35.5 Å². The Morgan fingerprint density at radius 3 is 2.61 bits per heavy atom. The number of rotatable bonds is 7. The SMILES string of the molecule is CCCCNC(=NCc1ccc(C)cc1)NCc1ncc(C)s1. The first-order valence-electron chi connectivity index (χ1n) is 8.16. The largest absolute Gasteiger partial charge is 0.356 e. The lowest BCUT2D eigenvalue weighted by Gasteiger charge is -2.11. The quantitative estimate of drug-likeness (QED) is 0.461. The van der Waals surface area contributed by atoms with Gasteiger partial charge in [0.2, 0.25) is 0 Å². The number of unbranched alkanes of at least 4 members (excludes halogenated alkanes) is 1. The fraction of sp³-hybridized carbons (Fsp3) is 0.444. The average Bonchev–Trinajstić information content (AvgIpc) is 2.96. The topological polar surface area (TPSA) is 49.3 Å². The predicted molar refractivity (Wildman–Crippen MR) is 98.9 cm³/mol. The molecule has 1 heterocycles. The van der Waals surface area contributed by atoms with Crippen molar-refractivity contribution in [3.8, 4) is 0 Å². The zero-order valence-electron chi connectivity index (χ0n) is 14.2. The average molecular weight is 331 g/mol. The van der Waals surface area contributed by atoms with Crippen molar-refractivity contribution >= 4 is 17.3 Å². The van der Waals surface area contributed by atoms with Crippen molar-refractivity contribution in [1.82, 2.24) is 15.6 Å². The van der Waals surface area contributed by atoms with Crippen LogP contribution in [0.1, 0.15) is 40.8 Å². The minimum Gasteiger partial charge on any atom is -0.356 e. The fourth-order valence-corrected chi connectivity index (χ4v) is 2.79. The summed E-state index contributed by atoms with van der Waals surface area (Å²) in [6.07, 6.45) is 4.22. The van der Waals surface area contributed by atoms with Gasteiger partial charge < -0.3 is 10.6 Å². The number of hydrogen-bond acceptors (Lipinski definition) is 3. The molecule has 2 N–H and O–H groups in total. The molecule has 0 fully saturated rings. The molecule has 0 spiro atoms. The molecule has 5 heteroatoms. The number of benzene rings is 1. The van der Waals surface area contributed by atoms with E-state index in [-0.39, 0.29) is 0 Å². The van der Waals surface area contributed by atoms with Gasteiger partial charge in [-0.2, -0.15) is 0 Å². The molecular weight excluding hydrogens is 304 g/mol. The van der Waals surface area contributed by atoms with E-state index in [4.69, 9.17) is 0 Å². The van der Waals surface area contributed by atoms with E-state index in [0.29, 0.717) is 13.1 Å². The summed E-state index contributed by atoms with van der Waals surface area (Å²) in [4.78, 5) is 10.3. The Labute approximate surface area is 143 Å². The first-order chi connectivity index (χ1) is 11.2. The van der Waals surface area contributed by atoms with Crippen molar-refractivity contribution in [3.63, 3.8) is 0 Å². The Morgan fingerprint density at radius 1 is 1.17 bits per heavy atom. The van der Waals surface area contributed by atoms with Gasteiger partial charge in [-0.3, -0.25) is 0 Å². The third kappa shape index (κ3) is 6.40. The number of nitrogens with one attached hydrogen (secondary N) is 2. The Morgan fingerprint density at radius 2 is 1.96 bits per heavy atom. The molecule has 1 aromatic carbocycles. The second kappa shape index (κ2) is 9.30. The van der Waals surface area contributed by atoms with E-state index in [0.717, 1.165) is 23.9 Å². The highest BCUT2D eigenvalue weighted by Gasteiger charge is 2.02. The highest BCUT2D eigenvalue weighted by Crippen LogP contribution is 2.10. The van der Waals surface area contributed by atoms with Gasteiger partial charge in [-0.05, 0) is 25.8 Å². The lowest BCUT2D eigenvalue weighted by atomic mass is 10.1. The Hall–Kier alpha value is -1.88. The number of aliphatic imine (C=N–C) groups is 1. The molecule has 0 aliphatic heterocycles. The van der Waals surface area contributed by atoms with Crippen LogP contribution in [-0.2, 0) is 13.1 Å². The lowest BCUT2D eigenvalue weighted by molar-refractivity contribution is 0.724. The maximum Gasteiger partial charge on any atom is 0.191 e. The van der Waals surface area contributed by atoms with Gasteiger partial charge in [0.05, 0.1) is 13.1 Å². The molecule has 23 heavy (non-hydrogen) atoms. The van der Waals surface area contributed by atoms with Crippen LogP contribution in [0.3, 0.4) is 0 Å². The molecule has 124 valence electrons. The zero-order valence-corrected chi connectivity index (χ0v) is 15.0. The van der Waals surface area contributed by atoms with E-state index >= 15 is 0 Å². The van der Waals surface area contributed by atoms with E-state index in [2.05, 4.69) is 65.6 Å². The maximum absolute atomic E-state index is 4.69. The van der Waals surface area contributed by atoms with Crippen LogP contribution < -0.4 is 10.6 Å². The highest BCUT2D eigenvalue weighted by atomic mass is 32.1. The van der Waals surface area contributed by atoms with Gasteiger partial charge in [-0.1, -0.05) is 43.2 Å². The van der Waals surface area contributed by atoms with Crippen molar-refractivity contribution in [1.29, 1.82) is 0 Å². The number of nitrogens with zero attached hydrogens (tertiary/aromatic N) is 2. The van der Waals surface area contributed by atoms with Crippen LogP contribution in [0, 0.1) is 13.8 Å². The maximum atomic E-state index is 4.69. The molecule has 0 bridgehead atoms. The van der Waals surface area contributed by atoms with Crippen molar-refractivity contribution in [2.45, 2.75) is 46.7 Å². The second-order valence-corrected chi connectivity index (χ2v) is 6.97. The standard InChI is InChI=1S/C18H26N4S/c1-4-5-10-19-18(22-13-17-20-11-15(3)23-17)21-12-16-8-6-14(2)7-9-16/h6-9,11H,4-5,10,12-13H2,1-3H3,(H2,19,21,22). The van der Waals surface area contributed by atoms with Gasteiger partial charge >= 0.3 is 0 Å². The van der Waals surface area contributed by atoms with E-state index in [9.17, 15) is 0 Å². The van der Waals surface area contributed by atoms with Crippen LogP contribution in [0.2, 0.25) is 0 Å². The molecule has 0 saturated carbocycles. The van der Waals surface area contributed by atoms with Gasteiger partial charge in [-0.15, -0.1) is 11.3 Å². The minimum absolute atomic E-state index is 0.679. The molecule has 4 nitrogen and oxygen atoms in total. The Balaban J connectivity index is 1.94. The predicted octanol–water partition coefficient (Wildman–Crippen LogP) is 3.80. The normalized spacial score (nSPS) is 11.5. The minimum atomic E-state index is 0.679. The summed E-state index contributed by atoms with van der Waals surface area (Å²) in [6.45, 7) is 8.70.